The number of benzene rings is 1. The van der Waals surface area contributed by atoms with Crippen molar-refractivity contribution < 1.29 is 28.1 Å². The molecule has 0 bridgehead atoms. The lowest BCUT2D eigenvalue weighted by Crippen LogP contribution is -2.47. The minimum Gasteiger partial charge on any atom is -0.434 e. The number of pyridine rings is 1. The molecule has 0 radical (unpaired) electrons. The van der Waals surface area contributed by atoms with Crippen LogP contribution in [0.4, 0.5) is 13.2 Å². The molecule has 0 unspecified atom stereocenters. The summed E-state index contributed by atoms with van der Waals surface area (Å²) in [5.74, 6) is -0.685. The molecule has 2 N–H and O–H groups in total. The fraction of sp³-hybridized carbons (Fsp3) is 0.440. The number of piperidine rings is 1. The summed E-state index contributed by atoms with van der Waals surface area (Å²) in [5, 5.41) is 24.4. The molecule has 2 aromatic heterocycles. The average molecular weight is 491 g/mol. The smallest absolute Gasteiger partial charge is 0.387 e. The first-order valence-corrected chi connectivity index (χ1v) is 11.5. The van der Waals surface area contributed by atoms with Crippen LogP contribution in [0, 0.1) is 11.9 Å². The number of hydrogen-bond donors (Lipinski definition) is 2. The van der Waals surface area contributed by atoms with Gasteiger partial charge >= 0.3 is 6.61 Å². The summed E-state index contributed by atoms with van der Waals surface area (Å²) in [4.78, 5) is 5.96. The number of ether oxygens (including phenoxy) is 1. The Balaban J connectivity index is 1.60. The number of aliphatic hydroxyl groups excluding tert-OH is 1. The van der Waals surface area contributed by atoms with E-state index in [1.165, 1.54) is 12.1 Å². The minimum absolute atomic E-state index is 0.0459. The largest absolute Gasteiger partial charge is 0.434 e. The van der Waals surface area contributed by atoms with E-state index < -0.39 is 18.2 Å². The number of aromatic nitrogens is 3. The van der Waals surface area contributed by atoms with Gasteiger partial charge in [0.1, 0.15) is 5.75 Å². The molecule has 35 heavy (non-hydrogen) atoms. The van der Waals surface area contributed by atoms with Crippen LogP contribution in [-0.4, -0.2) is 61.8 Å². The van der Waals surface area contributed by atoms with Gasteiger partial charge in [-0.15, -0.1) is 0 Å². The number of aryl methyl sites for hydroxylation is 1. The molecular weight excluding hydrogens is 461 g/mol. The summed E-state index contributed by atoms with van der Waals surface area (Å²) in [7, 11) is 1.70. The summed E-state index contributed by atoms with van der Waals surface area (Å²) in [6.45, 7) is -0.0739. The molecule has 0 aliphatic carbocycles. The zero-order valence-corrected chi connectivity index (χ0v) is 19.7. The van der Waals surface area contributed by atoms with Crippen molar-refractivity contribution in [2.24, 2.45) is 13.0 Å². The van der Waals surface area contributed by atoms with Crippen LogP contribution in [0.25, 0.3) is 22.6 Å². The van der Waals surface area contributed by atoms with Crippen LogP contribution in [0.1, 0.15) is 25.3 Å². The molecule has 1 aliphatic rings. The topological polar surface area (TPSA) is 83.6 Å². The zero-order valence-electron chi connectivity index (χ0n) is 19.7. The lowest BCUT2D eigenvalue weighted by Gasteiger charge is -2.39. The summed E-state index contributed by atoms with van der Waals surface area (Å²) < 4.78 is 46.5. The maximum Gasteiger partial charge on any atom is 0.387 e. The molecule has 1 aromatic carbocycles. The van der Waals surface area contributed by atoms with Gasteiger partial charge in [-0.25, -0.2) is 4.98 Å². The first-order chi connectivity index (χ1) is 16.7. The monoisotopic (exact) mass is 490 g/mol. The second kappa shape index (κ2) is 10.3. The van der Waals surface area contributed by atoms with Crippen LogP contribution in [0.2, 0.25) is 0 Å². The predicted molar refractivity (Wildman–Crippen MR) is 124 cm³/mol. The van der Waals surface area contributed by atoms with Gasteiger partial charge in [-0.1, -0.05) is 18.2 Å². The van der Waals surface area contributed by atoms with Crippen LogP contribution >= 0.6 is 0 Å². The fourth-order valence-electron chi connectivity index (χ4n) is 4.53. The van der Waals surface area contributed by atoms with Gasteiger partial charge in [-0.3, -0.25) is 9.58 Å². The van der Waals surface area contributed by atoms with Gasteiger partial charge in [0.15, 0.2) is 0 Å². The van der Waals surface area contributed by atoms with Gasteiger partial charge in [0.2, 0.25) is 5.95 Å². The Morgan fingerprint density at radius 1 is 1.20 bits per heavy atom. The van der Waals surface area contributed by atoms with E-state index in [2.05, 4.69) is 15.0 Å². The highest BCUT2D eigenvalue weighted by Crippen LogP contribution is 2.33. The Morgan fingerprint density at radius 2 is 2.00 bits per heavy atom. The highest BCUT2D eigenvalue weighted by Gasteiger charge is 2.34. The van der Waals surface area contributed by atoms with Crippen molar-refractivity contribution in [2.75, 3.05) is 19.7 Å². The molecule has 0 spiro atoms. The van der Waals surface area contributed by atoms with E-state index in [0.717, 1.165) is 19.4 Å². The van der Waals surface area contributed by atoms with E-state index in [1.807, 2.05) is 0 Å². The van der Waals surface area contributed by atoms with Gasteiger partial charge in [0.05, 0.1) is 29.3 Å². The molecule has 1 aliphatic heterocycles. The molecule has 0 saturated carbocycles. The number of aliphatic hydroxyl groups is 2. The van der Waals surface area contributed by atoms with Crippen molar-refractivity contribution in [2.45, 2.75) is 38.5 Å². The lowest BCUT2D eigenvalue weighted by atomic mass is 9.83. The number of rotatable bonds is 8. The minimum atomic E-state index is -3.00. The fourth-order valence-corrected chi connectivity index (χ4v) is 4.53. The molecular formula is C25H29F3N4O3. The highest BCUT2D eigenvalue weighted by molar-refractivity contribution is 5.68. The van der Waals surface area contributed by atoms with Gasteiger partial charge in [-0.05, 0) is 50.6 Å². The Kier molecular flexibility index (Phi) is 7.44. The van der Waals surface area contributed by atoms with E-state index in [4.69, 9.17) is 4.74 Å². The Labute approximate surface area is 201 Å². The quantitative estimate of drug-likeness (QED) is 0.467. The third-order valence-corrected chi connectivity index (χ3v) is 6.54. The van der Waals surface area contributed by atoms with Crippen molar-refractivity contribution in [1.82, 2.24) is 19.7 Å². The van der Waals surface area contributed by atoms with Crippen molar-refractivity contribution in [3.8, 4) is 28.4 Å². The van der Waals surface area contributed by atoms with Crippen molar-refractivity contribution in [3.05, 3.63) is 54.0 Å². The molecule has 3 heterocycles. The molecule has 3 aromatic rings. The van der Waals surface area contributed by atoms with Gasteiger partial charge in [0, 0.05) is 37.2 Å². The summed E-state index contributed by atoms with van der Waals surface area (Å²) in [6.07, 6.45) is 1.61. The molecule has 4 rings (SSSR count). The number of halogens is 3. The lowest BCUT2D eigenvalue weighted by molar-refractivity contribution is -0.0702. The van der Waals surface area contributed by atoms with E-state index in [1.54, 1.807) is 49.0 Å². The SMILES string of the molecule is Cn1nc(-c2ccc(CN3CCC[C@H]([C@](C)(O)CO)C3)c(OC(F)F)c2)cc1-c1cccc(F)n1. The van der Waals surface area contributed by atoms with Crippen LogP contribution in [0.15, 0.2) is 42.5 Å². The second-order valence-electron chi connectivity index (χ2n) is 9.17. The first kappa shape index (κ1) is 25.2. The molecule has 188 valence electrons. The third kappa shape index (κ3) is 5.83. The molecule has 1 fully saturated rings. The number of hydrogen-bond acceptors (Lipinski definition) is 6. The van der Waals surface area contributed by atoms with Gasteiger partial charge in [0.25, 0.3) is 0 Å². The summed E-state index contributed by atoms with van der Waals surface area (Å²) in [6, 6.07) is 11.2. The van der Waals surface area contributed by atoms with Crippen LogP contribution < -0.4 is 4.74 Å². The van der Waals surface area contributed by atoms with Crippen molar-refractivity contribution >= 4 is 0 Å². The van der Waals surface area contributed by atoms with E-state index >= 15 is 0 Å². The summed E-state index contributed by atoms with van der Waals surface area (Å²) in [5.41, 5.74) is 1.46. The molecule has 2 atom stereocenters. The van der Waals surface area contributed by atoms with Crippen molar-refractivity contribution in [1.29, 1.82) is 0 Å². The second-order valence-corrected chi connectivity index (χ2v) is 9.17. The van der Waals surface area contributed by atoms with E-state index in [0.29, 0.717) is 41.3 Å². The van der Waals surface area contributed by atoms with Crippen LogP contribution in [0.5, 0.6) is 5.75 Å². The standard InChI is InChI=1S/C25H29F3N4O3/c1-25(34,15-33)18-5-4-10-32(14-18)13-17-9-8-16(11-22(17)35-24(27)28)20-12-21(31(2)30-20)19-6-3-7-23(26)29-19/h3,6-9,11-12,18,24,33-34H,4-5,10,13-15H2,1-2H3/t18-,25+/m0/s1. The molecule has 10 heteroatoms. The maximum atomic E-state index is 13.6. The number of nitrogens with zero attached hydrogens (tertiary/aromatic N) is 4. The Morgan fingerprint density at radius 3 is 2.71 bits per heavy atom. The molecule has 1 saturated heterocycles. The first-order valence-electron chi connectivity index (χ1n) is 11.5. The Hall–Kier alpha value is -2.95. The molecule has 0 amide bonds. The average Bonchev–Trinajstić information content (AvgIpc) is 3.21. The predicted octanol–water partition coefficient (Wildman–Crippen LogP) is 3.84. The van der Waals surface area contributed by atoms with E-state index in [-0.39, 0.29) is 18.3 Å². The van der Waals surface area contributed by atoms with Gasteiger partial charge < -0.3 is 14.9 Å². The zero-order chi connectivity index (χ0) is 25.2. The van der Waals surface area contributed by atoms with Crippen LogP contribution in [0.3, 0.4) is 0 Å². The van der Waals surface area contributed by atoms with Gasteiger partial charge in [-0.2, -0.15) is 18.3 Å². The highest BCUT2D eigenvalue weighted by atomic mass is 19.3. The number of alkyl halides is 2. The maximum absolute atomic E-state index is 13.6. The van der Waals surface area contributed by atoms with Crippen LogP contribution in [-0.2, 0) is 13.6 Å². The summed E-state index contributed by atoms with van der Waals surface area (Å²) >= 11 is 0. The normalized spacial score (nSPS) is 18.6. The molecule has 7 nitrogen and oxygen atoms in total. The van der Waals surface area contributed by atoms with Crippen molar-refractivity contribution in [3.63, 3.8) is 0 Å². The number of likely N-dealkylation sites (tertiary alicyclic amines) is 1. The van der Waals surface area contributed by atoms with E-state index in [9.17, 15) is 23.4 Å². The third-order valence-electron chi connectivity index (χ3n) is 6.54. The Bertz CT molecular complexity index is 1170.